The zero-order valence-electron chi connectivity index (χ0n) is 32.6. The molecule has 7 rings (SSSR count). The minimum absolute atomic E-state index is 0.147. The van der Waals surface area contributed by atoms with Crippen LogP contribution in [0.15, 0.2) is 23.8 Å². The molecule has 7 aliphatic rings. The van der Waals surface area contributed by atoms with Crippen molar-refractivity contribution in [1.29, 1.82) is 0 Å². The number of carboxylic acid groups (broad SMARTS) is 1. The molecule has 4 N–H and O–H groups in total. The van der Waals surface area contributed by atoms with Gasteiger partial charge in [0.2, 0.25) is 0 Å². The summed E-state index contributed by atoms with van der Waals surface area (Å²) in [4.78, 5) is 14.3. The van der Waals surface area contributed by atoms with Crippen LogP contribution in [0.4, 0.5) is 0 Å². The number of rotatable bonds is 8. The molecular weight excluding hydrogens is 641 g/mol. The number of hydrogen-bond acceptors (Lipinski definition) is 5. The van der Waals surface area contributed by atoms with Crippen molar-refractivity contribution < 1.29 is 19.0 Å². The van der Waals surface area contributed by atoms with Crippen LogP contribution in [0, 0.1) is 63.1 Å². The van der Waals surface area contributed by atoms with E-state index in [9.17, 15) is 19.0 Å². The summed E-state index contributed by atoms with van der Waals surface area (Å²) >= 11 is 0. The molecule has 1 saturated heterocycles. The lowest BCUT2D eigenvalue weighted by molar-refractivity contribution is -0.221. The maximum absolute atomic E-state index is 11.9. The Morgan fingerprint density at radius 2 is 1.68 bits per heavy atom. The maximum Gasteiger partial charge on any atom is 0.306 e. The molecule has 0 bridgehead atoms. The molecule has 1 heterocycles. The lowest BCUT2D eigenvalue weighted by atomic mass is 9.33. The van der Waals surface area contributed by atoms with Crippen LogP contribution in [-0.4, -0.2) is 68.3 Å². The molecular formula is C43H72N2O4S. The monoisotopic (exact) mass is 713 g/mol. The van der Waals surface area contributed by atoms with Crippen molar-refractivity contribution >= 4 is 16.6 Å². The standard InChI is InChI=1S/C43H72N2O4S/c1-29(2)33-14-18-43(44-21-22-45-23-25-50(48,49)26-24-45)20-19-41(6)34(37(33)43)11-12-36-40(5)16-13-32(28-30-9-8-10-31(27-30)38(46)47)39(3,4)35(40)15-17-42(36,41)7/h13,30-31,33-37,44,48-49H,1,8-12,14-28H2,2-7H3,(H,46,47)/t30?,31?,33-,34+,35-,36+,37+,40-,41+,42+,43-/m0/s1. The van der Waals surface area contributed by atoms with Gasteiger partial charge in [0.15, 0.2) is 0 Å². The SMILES string of the molecule is C=C(C)[C@@H]1CC[C@]2(NCCN3CCS(O)(O)CC3)CC[C@]3(C)[C@H](CC[C@@H]4[C@@]5(C)CC=C(CC6CCCC(C(=O)O)C6)C(C)(C)[C@@H]5CC[C@]43C)[C@@H]12. The predicted octanol–water partition coefficient (Wildman–Crippen LogP) is 9.87. The van der Waals surface area contributed by atoms with Gasteiger partial charge in [0.1, 0.15) is 0 Å². The summed E-state index contributed by atoms with van der Waals surface area (Å²) < 4.78 is 20.3. The Morgan fingerprint density at radius 1 is 0.940 bits per heavy atom. The number of allylic oxidation sites excluding steroid dienone is 3. The number of hydrogen-bond donors (Lipinski definition) is 4. The van der Waals surface area contributed by atoms with Gasteiger partial charge in [-0.25, -0.2) is 0 Å². The maximum atomic E-state index is 11.9. The molecule has 1 aliphatic heterocycles. The van der Waals surface area contributed by atoms with E-state index in [1.165, 1.54) is 69.8 Å². The first-order valence-electron chi connectivity index (χ1n) is 20.7. The highest BCUT2D eigenvalue weighted by atomic mass is 32.3. The number of aliphatic carboxylic acids is 1. The average molecular weight is 713 g/mol. The van der Waals surface area contributed by atoms with Crippen LogP contribution < -0.4 is 5.32 Å². The summed E-state index contributed by atoms with van der Waals surface area (Å²) in [7, 11) is -2.35. The molecule has 6 nitrogen and oxygen atoms in total. The minimum Gasteiger partial charge on any atom is -0.481 e. The summed E-state index contributed by atoms with van der Waals surface area (Å²) in [5.74, 6) is 4.23. The van der Waals surface area contributed by atoms with E-state index in [2.05, 4.69) is 64.4 Å². The normalized spacial score (nSPS) is 47.5. The van der Waals surface area contributed by atoms with E-state index in [0.717, 1.165) is 57.8 Å². The topological polar surface area (TPSA) is 93.0 Å². The van der Waals surface area contributed by atoms with Crippen LogP contribution in [0.1, 0.15) is 131 Å². The van der Waals surface area contributed by atoms with Crippen LogP contribution in [0.25, 0.3) is 0 Å². The summed E-state index contributed by atoms with van der Waals surface area (Å²) in [6.45, 7) is 23.8. The van der Waals surface area contributed by atoms with Crippen LogP contribution in [0.2, 0.25) is 0 Å². The Labute approximate surface area is 306 Å². The molecule has 6 aliphatic carbocycles. The van der Waals surface area contributed by atoms with Crippen molar-refractivity contribution in [2.75, 3.05) is 37.7 Å². The number of carbonyl (C=O) groups is 1. The summed E-state index contributed by atoms with van der Waals surface area (Å²) in [6, 6.07) is 0. The van der Waals surface area contributed by atoms with Gasteiger partial charge in [-0.1, -0.05) is 71.3 Å². The Kier molecular flexibility index (Phi) is 9.86. The van der Waals surface area contributed by atoms with Crippen molar-refractivity contribution in [2.45, 2.75) is 137 Å². The third-order valence-corrected chi connectivity index (χ3v) is 19.5. The zero-order chi connectivity index (χ0) is 35.9. The van der Waals surface area contributed by atoms with E-state index < -0.39 is 16.6 Å². The molecule has 5 saturated carbocycles. The first kappa shape index (κ1) is 37.5. The minimum atomic E-state index is -2.35. The average Bonchev–Trinajstić information content (AvgIpc) is 3.44. The molecule has 0 aromatic carbocycles. The fourth-order valence-electron chi connectivity index (χ4n) is 14.9. The van der Waals surface area contributed by atoms with Crippen molar-refractivity contribution in [3.8, 4) is 0 Å². The molecule has 284 valence electrons. The zero-order valence-corrected chi connectivity index (χ0v) is 33.4. The molecule has 0 amide bonds. The Balaban J connectivity index is 1.10. The van der Waals surface area contributed by atoms with Gasteiger partial charge < -0.3 is 10.4 Å². The first-order chi connectivity index (χ1) is 23.5. The highest BCUT2D eigenvalue weighted by Gasteiger charge is 2.70. The predicted molar refractivity (Wildman–Crippen MR) is 207 cm³/mol. The Bertz CT molecular complexity index is 1350. The fourth-order valence-corrected chi connectivity index (χ4v) is 16.2. The van der Waals surface area contributed by atoms with Crippen molar-refractivity contribution in [1.82, 2.24) is 10.2 Å². The van der Waals surface area contributed by atoms with Gasteiger partial charge in [0, 0.05) is 31.7 Å². The Morgan fingerprint density at radius 3 is 2.38 bits per heavy atom. The van der Waals surface area contributed by atoms with Gasteiger partial charge in [-0.3, -0.25) is 18.8 Å². The van der Waals surface area contributed by atoms with E-state index in [0.29, 0.717) is 57.3 Å². The van der Waals surface area contributed by atoms with Crippen LogP contribution in [0.3, 0.4) is 0 Å². The smallest absolute Gasteiger partial charge is 0.306 e. The van der Waals surface area contributed by atoms with Crippen LogP contribution >= 0.6 is 10.6 Å². The molecule has 11 atom stereocenters. The largest absolute Gasteiger partial charge is 0.481 e. The van der Waals surface area contributed by atoms with Gasteiger partial charge in [-0.05, 0) is 141 Å². The molecule has 2 unspecified atom stereocenters. The number of fused-ring (bicyclic) bond motifs is 7. The van der Waals surface area contributed by atoms with E-state index >= 15 is 0 Å². The van der Waals surface area contributed by atoms with Crippen molar-refractivity contribution in [2.24, 2.45) is 63.1 Å². The molecule has 0 spiro atoms. The van der Waals surface area contributed by atoms with Gasteiger partial charge >= 0.3 is 5.97 Å². The van der Waals surface area contributed by atoms with E-state index in [1.54, 1.807) is 5.57 Å². The highest BCUT2D eigenvalue weighted by Crippen LogP contribution is 2.76. The molecule has 0 radical (unpaired) electrons. The molecule has 0 aromatic heterocycles. The van der Waals surface area contributed by atoms with Gasteiger partial charge in [0.25, 0.3) is 0 Å². The lowest BCUT2D eigenvalue weighted by Gasteiger charge is -2.72. The number of nitrogens with zero attached hydrogens (tertiary/aromatic N) is 1. The van der Waals surface area contributed by atoms with Crippen LogP contribution in [0.5, 0.6) is 0 Å². The van der Waals surface area contributed by atoms with Gasteiger partial charge in [-0.2, -0.15) is 10.6 Å². The van der Waals surface area contributed by atoms with Crippen molar-refractivity contribution in [3.63, 3.8) is 0 Å². The second-order valence-electron chi connectivity index (χ2n) is 20.2. The first-order valence-corrected chi connectivity index (χ1v) is 22.6. The third kappa shape index (κ3) is 6.02. The summed E-state index contributed by atoms with van der Waals surface area (Å²) in [5, 5.41) is 14.0. The third-order valence-electron chi connectivity index (χ3n) is 17.8. The Hall–Kier alpha value is -0.860. The van der Waals surface area contributed by atoms with E-state index in [1.807, 2.05) is 0 Å². The molecule has 0 aromatic rings. The second-order valence-corrected chi connectivity index (χ2v) is 22.7. The number of carboxylic acids is 1. The van der Waals surface area contributed by atoms with Gasteiger partial charge in [0.05, 0.1) is 17.4 Å². The molecule has 50 heavy (non-hydrogen) atoms. The highest BCUT2D eigenvalue weighted by molar-refractivity contribution is 8.24. The fraction of sp³-hybridized carbons (Fsp3) is 0.884. The molecule has 6 fully saturated rings. The second kappa shape index (κ2) is 13.2. The van der Waals surface area contributed by atoms with E-state index in [4.69, 9.17) is 0 Å². The van der Waals surface area contributed by atoms with Gasteiger partial charge in [-0.15, -0.1) is 0 Å². The molecule has 7 heteroatoms. The quantitative estimate of drug-likeness (QED) is 0.187. The summed E-state index contributed by atoms with van der Waals surface area (Å²) in [5.41, 5.74) is 4.34. The lowest BCUT2D eigenvalue weighted by Crippen LogP contribution is -2.68. The van der Waals surface area contributed by atoms with Crippen LogP contribution in [-0.2, 0) is 4.79 Å². The number of nitrogens with one attached hydrogen (secondary N) is 1. The van der Waals surface area contributed by atoms with E-state index in [-0.39, 0.29) is 16.9 Å². The summed E-state index contributed by atoms with van der Waals surface area (Å²) in [6.07, 6.45) is 19.4. The van der Waals surface area contributed by atoms with Crippen molar-refractivity contribution in [3.05, 3.63) is 23.8 Å².